The first-order valence-corrected chi connectivity index (χ1v) is 10.4. The lowest BCUT2D eigenvalue weighted by Gasteiger charge is -2.34. The van der Waals surface area contributed by atoms with Crippen LogP contribution in [0.1, 0.15) is 61.0 Å². The van der Waals surface area contributed by atoms with Gasteiger partial charge in [0.25, 0.3) is 0 Å². The molecular weight excluding hydrogens is 376 g/mol. The van der Waals surface area contributed by atoms with E-state index < -0.39 is 5.78 Å². The number of phenolic OH excluding ortho intramolecular Hbond substituents is 2. The lowest BCUT2D eigenvalue weighted by atomic mass is 9.71. The van der Waals surface area contributed by atoms with Gasteiger partial charge in [-0.25, -0.2) is 0 Å². The molecule has 158 valence electrons. The molecule has 2 atom stereocenters. The first kappa shape index (κ1) is 21.7. The number of phenols is 2. The normalized spacial score (nSPS) is 19.2. The summed E-state index contributed by atoms with van der Waals surface area (Å²) in [6.07, 6.45) is 7.24. The van der Waals surface area contributed by atoms with Gasteiger partial charge in [0.15, 0.2) is 5.78 Å². The highest BCUT2D eigenvalue weighted by Crippen LogP contribution is 2.49. The largest absolute Gasteiger partial charge is 0.507 e. The van der Waals surface area contributed by atoms with Crippen molar-refractivity contribution >= 4 is 11.9 Å². The number of ether oxygens (including phenoxy) is 1. The van der Waals surface area contributed by atoms with Gasteiger partial charge in [-0.1, -0.05) is 61.9 Å². The van der Waals surface area contributed by atoms with E-state index in [-0.39, 0.29) is 23.0 Å². The van der Waals surface area contributed by atoms with Crippen molar-refractivity contribution < 1.29 is 19.7 Å². The number of aromatic hydroxyl groups is 2. The molecule has 0 bridgehead atoms. The fourth-order valence-corrected chi connectivity index (χ4v) is 4.33. The van der Waals surface area contributed by atoms with Crippen LogP contribution in [0.25, 0.3) is 6.08 Å². The molecule has 4 nitrogen and oxygen atoms in total. The summed E-state index contributed by atoms with van der Waals surface area (Å²) in [5.74, 6) is 0.0873. The molecule has 0 amide bonds. The molecule has 1 aliphatic rings. The van der Waals surface area contributed by atoms with E-state index in [0.717, 1.165) is 18.4 Å². The molecule has 2 aromatic carbocycles. The molecule has 0 aliphatic heterocycles. The third-order valence-electron chi connectivity index (χ3n) is 5.96. The maximum Gasteiger partial charge on any atom is 0.193 e. The Morgan fingerprint density at radius 2 is 1.90 bits per heavy atom. The fourth-order valence-electron chi connectivity index (χ4n) is 4.33. The van der Waals surface area contributed by atoms with E-state index in [1.807, 2.05) is 30.3 Å². The highest BCUT2D eigenvalue weighted by molar-refractivity contribution is 6.11. The Hall–Kier alpha value is -3.01. The van der Waals surface area contributed by atoms with Gasteiger partial charge in [-0.15, -0.1) is 0 Å². The van der Waals surface area contributed by atoms with Crippen LogP contribution in [-0.4, -0.2) is 23.1 Å². The van der Waals surface area contributed by atoms with Gasteiger partial charge in [0.2, 0.25) is 0 Å². The molecule has 0 saturated heterocycles. The highest BCUT2D eigenvalue weighted by atomic mass is 16.5. The zero-order chi connectivity index (χ0) is 21.8. The number of benzene rings is 2. The van der Waals surface area contributed by atoms with Crippen molar-refractivity contribution in [1.29, 1.82) is 0 Å². The molecule has 0 unspecified atom stereocenters. The maximum absolute atomic E-state index is 12.9. The molecule has 4 heteroatoms. The van der Waals surface area contributed by atoms with Crippen LogP contribution in [0.2, 0.25) is 0 Å². The molecule has 3 rings (SSSR count). The monoisotopic (exact) mass is 406 g/mol. The van der Waals surface area contributed by atoms with Crippen LogP contribution < -0.4 is 4.74 Å². The van der Waals surface area contributed by atoms with E-state index in [9.17, 15) is 15.0 Å². The third-order valence-corrected chi connectivity index (χ3v) is 5.96. The summed E-state index contributed by atoms with van der Waals surface area (Å²) in [6, 6.07) is 10.9. The Labute approximate surface area is 178 Å². The van der Waals surface area contributed by atoms with Gasteiger partial charge in [0.1, 0.15) is 22.8 Å². The van der Waals surface area contributed by atoms with E-state index in [1.165, 1.54) is 24.8 Å². The topological polar surface area (TPSA) is 66.8 Å². The number of carbonyl (C=O) groups is 1. The summed E-state index contributed by atoms with van der Waals surface area (Å²) < 4.78 is 5.51. The van der Waals surface area contributed by atoms with E-state index in [2.05, 4.69) is 26.8 Å². The van der Waals surface area contributed by atoms with Crippen LogP contribution in [0.15, 0.2) is 54.1 Å². The third kappa shape index (κ3) is 4.43. The number of allylic oxidation sites excluding steroid dienone is 3. The van der Waals surface area contributed by atoms with Crippen molar-refractivity contribution in [1.82, 2.24) is 0 Å². The quantitative estimate of drug-likeness (QED) is 0.346. The van der Waals surface area contributed by atoms with Gasteiger partial charge in [-0.05, 0) is 43.2 Å². The maximum atomic E-state index is 12.9. The van der Waals surface area contributed by atoms with Gasteiger partial charge in [0.05, 0.1) is 7.11 Å². The summed E-state index contributed by atoms with van der Waals surface area (Å²) >= 11 is 0. The van der Waals surface area contributed by atoms with Crippen LogP contribution in [-0.2, 0) is 0 Å². The highest BCUT2D eigenvalue weighted by Gasteiger charge is 2.34. The number of ketones is 1. The summed E-state index contributed by atoms with van der Waals surface area (Å²) in [6.45, 7) is 6.43. The molecule has 1 aliphatic carbocycles. The van der Waals surface area contributed by atoms with Crippen molar-refractivity contribution in [3.63, 3.8) is 0 Å². The zero-order valence-corrected chi connectivity index (χ0v) is 18.1. The number of hydrogen-bond donors (Lipinski definition) is 2. The van der Waals surface area contributed by atoms with Crippen molar-refractivity contribution in [3.05, 3.63) is 70.8 Å². The van der Waals surface area contributed by atoms with Gasteiger partial charge in [-0.2, -0.15) is 0 Å². The van der Waals surface area contributed by atoms with Gasteiger partial charge in [-0.3, -0.25) is 4.79 Å². The lowest BCUT2D eigenvalue weighted by molar-refractivity contribution is 0.104. The first-order chi connectivity index (χ1) is 14.3. The molecule has 2 aromatic rings. The van der Waals surface area contributed by atoms with Crippen LogP contribution >= 0.6 is 0 Å². The zero-order valence-electron chi connectivity index (χ0n) is 18.1. The molecular formula is C26H30O4. The Morgan fingerprint density at radius 3 is 2.53 bits per heavy atom. The molecule has 0 heterocycles. The Bertz CT molecular complexity index is 970. The smallest absolute Gasteiger partial charge is 0.193 e. The predicted molar refractivity (Wildman–Crippen MR) is 120 cm³/mol. The molecule has 0 radical (unpaired) electrons. The van der Waals surface area contributed by atoms with Crippen LogP contribution in [0, 0.1) is 11.8 Å². The molecule has 2 N–H and O–H groups in total. The predicted octanol–water partition coefficient (Wildman–Crippen LogP) is 6.10. The van der Waals surface area contributed by atoms with Crippen molar-refractivity contribution in [3.8, 4) is 17.2 Å². The second kappa shape index (κ2) is 9.21. The fraction of sp³-hybridized carbons (Fsp3) is 0.346. The number of carbonyl (C=O) groups excluding carboxylic acids is 1. The van der Waals surface area contributed by atoms with Crippen molar-refractivity contribution in [2.24, 2.45) is 11.8 Å². The van der Waals surface area contributed by atoms with Crippen LogP contribution in [0.3, 0.4) is 0 Å². The summed E-state index contributed by atoms with van der Waals surface area (Å²) in [5.41, 5.74) is 2.61. The van der Waals surface area contributed by atoms with Crippen LogP contribution in [0.5, 0.6) is 17.2 Å². The van der Waals surface area contributed by atoms with Crippen LogP contribution in [0.4, 0.5) is 0 Å². The van der Waals surface area contributed by atoms with Gasteiger partial charge >= 0.3 is 0 Å². The minimum Gasteiger partial charge on any atom is -0.507 e. The number of rotatable bonds is 6. The van der Waals surface area contributed by atoms with Gasteiger partial charge < -0.3 is 14.9 Å². The Kier molecular flexibility index (Phi) is 6.66. The van der Waals surface area contributed by atoms with Crippen molar-refractivity contribution in [2.75, 3.05) is 7.11 Å². The first-order valence-electron chi connectivity index (χ1n) is 10.4. The average Bonchev–Trinajstić information content (AvgIpc) is 2.72. The molecule has 0 fully saturated rings. The summed E-state index contributed by atoms with van der Waals surface area (Å²) in [7, 11) is 1.51. The van der Waals surface area contributed by atoms with E-state index in [4.69, 9.17) is 4.74 Å². The minimum absolute atomic E-state index is 0.0843. The second-order valence-electron chi connectivity index (χ2n) is 8.33. The average molecular weight is 407 g/mol. The second-order valence-corrected chi connectivity index (χ2v) is 8.33. The molecule has 0 aromatic heterocycles. The van der Waals surface area contributed by atoms with E-state index >= 15 is 0 Å². The Balaban J connectivity index is 2.09. The molecule has 0 saturated carbocycles. The number of hydrogen-bond acceptors (Lipinski definition) is 4. The summed E-state index contributed by atoms with van der Waals surface area (Å²) in [5, 5.41) is 21.7. The SMILES string of the molecule is COc1cc(O)c(C(=O)C=Cc2ccccc2)c(O)c1[C@H]1C=C(C)CC[C@@H]1C(C)C. The van der Waals surface area contributed by atoms with Crippen molar-refractivity contribution in [2.45, 2.75) is 39.5 Å². The molecule has 30 heavy (non-hydrogen) atoms. The molecule has 0 spiro atoms. The van der Waals surface area contributed by atoms with E-state index in [1.54, 1.807) is 6.08 Å². The number of methoxy groups -OCH3 is 1. The summed E-state index contributed by atoms with van der Waals surface area (Å²) in [4.78, 5) is 12.9. The van der Waals surface area contributed by atoms with Gasteiger partial charge in [0, 0.05) is 17.5 Å². The standard InChI is InChI=1S/C26H30O4/c1-16(2)19-12-10-17(3)14-20(19)24-23(30-4)15-22(28)25(26(24)29)21(27)13-11-18-8-6-5-7-9-18/h5-9,11,13-16,19-20,28-29H,10,12H2,1-4H3/t19-,20+/m1/s1. The minimum atomic E-state index is -0.449. The van der Waals surface area contributed by atoms with E-state index in [0.29, 0.717) is 23.1 Å². The lowest BCUT2D eigenvalue weighted by Crippen LogP contribution is -2.22. The Morgan fingerprint density at radius 1 is 1.20 bits per heavy atom.